The molecule has 9 heteroatoms. The predicted octanol–water partition coefficient (Wildman–Crippen LogP) is 5.33. The number of carbonyl (C=O) groups is 2. The summed E-state index contributed by atoms with van der Waals surface area (Å²) in [6.45, 7) is 6.91. The Morgan fingerprint density at radius 1 is 1.17 bits per heavy atom. The number of ether oxygens (including phenoxy) is 1. The third kappa shape index (κ3) is 7.72. The number of aryl methyl sites for hydroxylation is 1. The van der Waals surface area contributed by atoms with Crippen LogP contribution in [0.3, 0.4) is 0 Å². The lowest BCUT2D eigenvalue weighted by atomic mass is 9.98. The van der Waals surface area contributed by atoms with Crippen LogP contribution in [0.5, 0.6) is 0 Å². The quantitative estimate of drug-likeness (QED) is 0.427. The standard InChI is InChI=1S/C26H36F3N3O3/c1-4-21(33)14-19(16-35-25(34)5-2)15-31-11-9-20(10-12-31)30-23-7-6-8-24-22(23)13-18(3)32(24)17-26(27,28)29/h6-8,13,19-20,30H,4-5,9-12,14-17H2,1-3H3. The van der Waals surface area contributed by atoms with Gasteiger partial charge in [0.25, 0.3) is 0 Å². The molecule has 0 aliphatic carbocycles. The predicted molar refractivity (Wildman–Crippen MR) is 130 cm³/mol. The smallest absolute Gasteiger partial charge is 0.406 e. The number of benzene rings is 1. The molecule has 1 N–H and O–H groups in total. The lowest BCUT2D eigenvalue weighted by Crippen LogP contribution is -2.42. The van der Waals surface area contributed by atoms with Gasteiger partial charge in [-0.1, -0.05) is 19.9 Å². The number of carbonyl (C=O) groups excluding carboxylic acids is 2. The normalized spacial score (nSPS) is 16.4. The first-order valence-corrected chi connectivity index (χ1v) is 12.4. The van der Waals surface area contributed by atoms with Gasteiger partial charge in [0, 0.05) is 67.6 Å². The Morgan fingerprint density at radius 3 is 2.51 bits per heavy atom. The van der Waals surface area contributed by atoms with Crippen LogP contribution in [-0.4, -0.2) is 59.7 Å². The average Bonchev–Trinajstić information content (AvgIpc) is 3.13. The van der Waals surface area contributed by atoms with Gasteiger partial charge in [0.05, 0.1) is 12.1 Å². The summed E-state index contributed by atoms with van der Waals surface area (Å²) in [6, 6.07) is 7.45. The van der Waals surface area contributed by atoms with E-state index in [1.807, 2.05) is 19.1 Å². The second-order valence-corrected chi connectivity index (χ2v) is 9.44. The van der Waals surface area contributed by atoms with Crippen LogP contribution in [0.2, 0.25) is 0 Å². The number of alkyl halides is 3. The number of hydrogen-bond donors (Lipinski definition) is 1. The molecular formula is C26H36F3N3O3. The summed E-state index contributed by atoms with van der Waals surface area (Å²) in [5.74, 6) is -0.108. The van der Waals surface area contributed by atoms with Crippen molar-refractivity contribution in [3.05, 3.63) is 30.0 Å². The lowest BCUT2D eigenvalue weighted by molar-refractivity contribution is -0.145. The van der Waals surface area contributed by atoms with Gasteiger partial charge in [0.2, 0.25) is 0 Å². The van der Waals surface area contributed by atoms with E-state index in [0.29, 0.717) is 37.0 Å². The number of halogens is 3. The Balaban J connectivity index is 1.60. The third-order valence-corrected chi connectivity index (χ3v) is 6.63. The van der Waals surface area contributed by atoms with Crippen molar-refractivity contribution >= 4 is 28.3 Å². The van der Waals surface area contributed by atoms with Crippen molar-refractivity contribution in [1.29, 1.82) is 0 Å². The fraction of sp³-hybridized carbons (Fsp3) is 0.615. The molecule has 2 heterocycles. The number of likely N-dealkylation sites (tertiary alicyclic amines) is 1. The first-order chi connectivity index (χ1) is 16.6. The number of anilines is 1. The fourth-order valence-electron chi connectivity index (χ4n) is 4.73. The summed E-state index contributed by atoms with van der Waals surface area (Å²) in [6.07, 6.45) is -1.33. The van der Waals surface area contributed by atoms with E-state index in [0.717, 1.165) is 37.0 Å². The van der Waals surface area contributed by atoms with Crippen LogP contribution in [0.25, 0.3) is 10.9 Å². The van der Waals surface area contributed by atoms with Crippen molar-refractivity contribution < 1.29 is 27.5 Å². The monoisotopic (exact) mass is 495 g/mol. The number of ketones is 1. The zero-order chi connectivity index (χ0) is 25.6. The summed E-state index contributed by atoms with van der Waals surface area (Å²) in [4.78, 5) is 25.9. The van der Waals surface area contributed by atoms with E-state index in [-0.39, 0.29) is 30.3 Å². The number of esters is 1. The second kappa shape index (κ2) is 11.9. The number of piperidine rings is 1. The number of rotatable bonds is 11. The molecule has 1 aromatic heterocycles. The number of nitrogens with zero attached hydrogens (tertiary/aromatic N) is 2. The van der Waals surface area contributed by atoms with Crippen LogP contribution in [0.4, 0.5) is 18.9 Å². The van der Waals surface area contributed by atoms with Crippen LogP contribution >= 0.6 is 0 Å². The first-order valence-electron chi connectivity index (χ1n) is 12.4. The van der Waals surface area contributed by atoms with Crippen LogP contribution in [-0.2, 0) is 20.9 Å². The van der Waals surface area contributed by atoms with Gasteiger partial charge < -0.3 is 19.5 Å². The molecular weight excluding hydrogens is 459 g/mol. The van der Waals surface area contributed by atoms with Crippen molar-refractivity contribution in [2.24, 2.45) is 5.92 Å². The van der Waals surface area contributed by atoms with E-state index in [4.69, 9.17) is 4.74 Å². The minimum absolute atomic E-state index is 0.0208. The van der Waals surface area contributed by atoms with E-state index in [9.17, 15) is 22.8 Å². The third-order valence-electron chi connectivity index (χ3n) is 6.63. The second-order valence-electron chi connectivity index (χ2n) is 9.44. The average molecular weight is 496 g/mol. The molecule has 0 bridgehead atoms. The largest absolute Gasteiger partial charge is 0.465 e. The fourth-order valence-corrected chi connectivity index (χ4v) is 4.73. The molecule has 0 spiro atoms. The Labute approximate surface area is 204 Å². The Kier molecular flexibility index (Phi) is 9.21. The Bertz CT molecular complexity index is 1010. The van der Waals surface area contributed by atoms with E-state index in [1.54, 1.807) is 26.0 Å². The maximum Gasteiger partial charge on any atom is 0.406 e. The van der Waals surface area contributed by atoms with E-state index in [1.165, 1.54) is 4.57 Å². The van der Waals surface area contributed by atoms with Crippen molar-refractivity contribution in [3.63, 3.8) is 0 Å². The highest BCUT2D eigenvalue weighted by Crippen LogP contribution is 2.31. The highest BCUT2D eigenvalue weighted by molar-refractivity contribution is 5.93. The van der Waals surface area contributed by atoms with E-state index in [2.05, 4.69) is 10.2 Å². The summed E-state index contributed by atoms with van der Waals surface area (Å²) in [5, 5.41) is 4.34. The highest BCUT2D eigenvalue weighted by atomic mass is 19.4. The molecule has 1 aliphatic rings. The number of fused-ring (bicyclic) bond motifs is 1. The molecule has 0 amide bonds. The van der Waals surface area contributed by atoms with Gasteiger partial charge in [-0.05, 0) is 38.0 Å². The van der Waals surface area contributed by atoms with Crippen LogP contribution in [0, 0.1) is 12.8 Å². The van der Waals surface area contributed by atoms with Gasteiger partial charge in [-0.15, -0.1) is 0 Å². The van der Waals surface area contributed by atoms with Gasteiger partial charge in [-0.2, -0.15) is 13.2 Å². The maximum absolute atomic E-state index is 13.0. The van der Waals surface area contributed by atoms with Gasteiger partial charge in [0.15, 0.2) is 0 Å². The van der Waals surface area contributed by atoms with Crippen molar-refractivity contribution in [2.45, 2.75) is 71.6 Å². The summed E-state index contributed by atoms with van der Waals surface area (Å²) >= 11 is 0. The lowest BCUT2D eigenvalue weighted by Gasteiger charge is -2.35. The minimum atomic E-state index is -4.28. The molecule has 1 fully saturated rings. The van der Waals surface area contributed by atoms with Gasteiger partial charge in [-0.25, -0.2) is 0 Å². The molecule has 1 saturated heterocycles. The molecule has 1 atom stereocenters. The molecule has 0 saturated carbocycles. The molecule has 0 radical (unpaired) electrons. The number of aromatic nitrogens is 1. The zero-order valence-electron chi connectivity index (χ0n) is 20.8. The van der Waals surface area contributed by atoms with Crippen LogP contribution < -0.4 is 5.32 Å². The van der Waals surface area contributed by atoms with Crippen LogP contribution in [0.15, 0.2) is 24.3 Å². The van der Waals surface area contributed by atoms with Crippen LogP contribution in [0.1, 0.15) is 51.6 Å². The molecule has 1 unspecified atom stereocenters. The molecule has 1 aromatic carbocycles. The van der Waals surface area contributed by atoms with Gasteiger partial charge >= 0.3 is 12.1 Å². The molecule has 1 aliphatic heterocycles. The van der Waals surface area contributed by atoms with E-state index >= 15 is 0 Å². The molecule has 6 nitrogen and oxygen atoms in total. The number of nitrogens with one attached hydrogen (secondary N) is 1. The highest BCUT2D eigenvalue weighted by Gasteiger charge is 2.30. The topological polar surface area (TPSA) is 63.6 Å². The van der Waals surface area contributed by atoms with Gasteiger partial charge in [-0.3, -0.25) is 9.59 Å². The number of hydrogen-bond acceptors (Lipinski definition) is 5. The number of Topliss-reactive ketones (excluding diaryl/α,β-unsaturated/α-hetero) is 1. The SMILES string of the molecule is CCC(=O)CC(COC(=O)CC)CN1CCC(Nc2cccc3c2cc(C)n3CC(F)(F)F)CC1. The molecule has 3 rings (SSSR count). The maximum atomic E-state index is 13.0. The van der Waals surface area contributed by atoms with Gasteiger partial charge in [0.1, 0.15) is 12.3 Å². The Morgan fingerprint density at radius 2 is 1.89 bits per heavy atom. The van der Waals surface area contributed by atoms with Crippen molar-refractivity contribution in [2.75, 3.05) is 31.6 Å². The summed E-state index contributed by atoms with van der Waals surface area (Å²) < 4.78 is 45.7. The molecule has 2 aromatic rings. The zero-order valence-corrected chi connectivity index (χ0v) is 20.8. The van der Waals surface area contributed by atoms with Crippen molar-refractivity contribution in [1.82, 2.24) is 9.47 Å². The molecule has 35 heavy (non-hydrogen) atoms. The molecule has 194 valence electrons. The summed E-state index contributed by atoms with van der Waals surface area (Å²) in [5.41, 5.74) is 2.01. The van der Waals surface area contributed by atoms with Crippen molar-refractivity contribution in [3.8, 4) is 0 Å². The Hall–Kier alpha value is -2.55. The first kappa shape index (κ1) is 27.0. The van der Waals surface area contributed by atoms with E-state index < -0.39 is 12.7 Å². The summed E-state index contributed by atoms with van der Waals surface area (Å²) in [7, 11) is 0. The minimum Gasteiger partial charge on any atom is -0.465 e.